The SMILES string of the molecule is COC(=O)C1(N)CCCC1CCOc1cccc(CO)c1. The fourth-order valence-electron chi connectivity index (χ4n) is 3.02. The molecule has 0 aromatic heterocycles. The number of hydrogen-bond acceptors (Lipinski definition) is 5. The average molecular weight is 293 g/mol. The van der Waals surface area contributed by atoms with Crippen molar-refractivity contribution in [1.29, 1.82) is 0 Å². The highest BCUT2D eigenvalue weighted by molar-refractivity contribution is 5.81. The lowest BCUT2D eigenvalue weighted by atomic mass is 9.86. The number of ether oxygens (including phenoxy) is 2. The Kier molecular flexibility index (Phi) is 5.20. The van der Waals surface area contributed by atoms with Crippen LogP contribution in [0.4, 0.5) is 0 Å². The van der Waals surface area contributed by atoms with E-state index in [1.807, 2.05) is 24.3 Å². The number of benzene rings is 1. The predicted molar refractivity (Wildman–Crippen MR) is 78.8 cm³/mol. The van der Waals surface area contributed by atoms with Crippen LogP contribution in [0.1, 0.15) is 31.2 Å². The molecule has 1 aliphatic rings. The summed E-state index contributed by atoms with van der Waals surface area (Å²) in [6, 6.07) is 7.35. The van der Waals surface area contributed by atoms with Gasteiger partial charge in [0.25, 0.3) is 0 Å². The molecule has 2 rings (SSSR count). The molecule has 0 heterocycles. The van der Waals surface area contributed by atoms with E-state index in [0.717, 1.165) is 30.6 Å². The zero-order valence-corrected chi connectivity index (χ0v) is 12.4. The molecule has 1 fully saturated rings. The highest BCUT2D eigenvalue weighted by atomic mass is 16.5. The van der Waals surface area contributed by atoms with Crippen LogP contribution in [-0.2, 0) is 16.1 Å². The molecular formula is C16H23NO4. The molecule has 2 atom stereocenters. The lowest BCUT2D eigenvalue weighted by Gasteiger charge is -2.28. The van der Waals surface area contributed by atoms with Crippen molar-refractivity contribution in [3.05, 3.63) is 29.8 Å². The molecule has 0 saturated heterocycles. The topological polar surface area (TPSA) is 81.8 Å². The second-order valence-electron chi connectivity index (χ2n) is 5.56. The van der Waals surface area contributed by atoms with Gasteiger partial charge < -0.3 is 20.3 Å². The summed E-state index contributed by atoms with van der Waals surface area (Å²) in [6.07, 6.45) is 3.25. The lowest BCUT2D eigenvalue weighted by molar-refractivity contribution is -0.148. The zero-order chi connectivity index (χ0) is 15.3. The van der Waals surface area contributed by atoms with Gasteiger partial charge >= 0.3 is 5.97 Å². The molecule has 3 N–H and O–H groups in total. The molecule has 21 heavy (non-hydrogen) atoms. The Morgan fingerprint density at radius 3 is 3.05 bits per heavy atom. The summed E-state index contributed by atoms with van der Waals surface area (Å²) in [5.41, 5.74) is 6.17. The summed E-state index contributed by atoms with van der Waals surface area (Å²) in [4.78, 5) is 11.8. The van der Waals surface area contributed by atoms with E-state index in [9.17, 15) is 4.79 Å². The van der Waals surface area contributed by atoms with Gasteiger partial charge in [0, 0.05) is 0 Å². The van der Waals surface area contributed by atoms with E-state index in [0.29, 0.717) is 13.0 Å². The van der Waals surface area contributed by atoms with Crippen LogP contribution in [0.15, 0.2) is 24.3 Å². The van der Waals surface area contributed by atoms with E-state index in [1.54, 1.807) is 0 Å². The first kappa shape index (κ1) is 15.8. The smallest absolute Gasteiger partial charge is 0.326 e. The van der Waals surface area contributed by atoms with Crippen LogP contribution in [0.25, 0.3) is 0 Å². The van der Waals surface area contributed by atoms with E-state index in [1.165, 1.54) is 7.11 Å². The second-order valence-corrected chi connectivity index (χ2v) is 5.56. The van der Waals surface area contributed by atoms with Gasteiger partial charge in [0.15, 0.2) is 0 Å². The molecule has 116 valence electrons. The minimum Gasteiger partial charge on any atom is -0.494 e. The quantitative estimate of drug-likeness (QED) is 0.779. The van der Waals surface area contributed by atoms with E-state index < -0.39 is 5.54 Å². The van der Waals surface area contributed by atoms with Crippen molar-refractivity contribution < 1.29 is 19.4 Å². The minimum absolute atomic E-state index is 0.00588. The van der Waals surface area contributed by atoms with Gasteiger partial charge in [-0.25, -0.2) is 0 Å². The second kappa shape index (κ2) is 6.91. The van der Waals surface area contributed by atoms with Gasteiger partial charge in [0.1, 0.15) is 11.3 Å². The van der Waals surface area contributed by atoms with Gasteiger partial charge in [0.2, 0.25) is 0 Å². The Labute approximate surface area is 125 Å². The van der Waals surface area contributed by atoms with Crippen LogP contribution in [0.2, 0.25) is 0 Å². The first-order valence-corrected chi connectivity index (χ1v) is 7.30. The summed E-state index contributed by atoms with van der Waals surface area (Å²) in [7, 11) is 1.38. The summed E-state index contributed by atoms with van der Waals surface area (Å²) in [5, 5.41) is 9.09. The third-order valence-corrected chi connectivity index (χ3v) is 4.25. The van der Waals surface area contributed by atoms with Gasteiger partial charge in [-0.1, -0.05) is 18.6 Å². The summed E-state index contributed by atoms with van der Waals surface area (Å²) in [6.45, 7) is 0.490. The van der Waals surface area contributed by atoms with Crippen molar-refractivity contribution >= 4 is 5.97 Å². The molecule has 1 aromatic carbocycles. The highest BCUT2D eigenvalue weighted by Gasteiger charge is 2.46. The Balaban J connectivity index is 1.89. The number of aliphatic hydroxyl groups excluding tert-OH is 1. The Bertz CT molecular complexity index is 491. The molecule has 1 saturated carbocycles. The number of nitrogens with two attached hydrogens (primary N) is 1. The van der Waals surface area contributed by atoms with Crippen LogP contribution in [0.3, 0.4) is 0 Å². The molecule has 0 bridgehead atoms. The standard InChI is InChI=1S/C16H23NO4/c1-20-15(19)16(17)8-3-5-13(16)7-9-21-14-6-2-4-12(10-14)11-18/h2,4,6,10,13,18H,3,5,7-9,11,17H2,1H3. The van der Waals surface area contributed by atoms with Crippen molar-refractivity contribution in [2.75, 3.05) is 13.7 Å². The van der Waals surface area contributed by atoms with E-state index >= 15 is 0 Å². The molecule has 0 radical (unpaired) electrons. The normalized spacial score (nSPS) is 24.8. The van der Waals surface area contributed by atoms with Gasteiger partial charge in [-0.2, -0.15) is 0 Å². The number of aliphatic hydroxyl groups is 1. The van der Waals surface area contributed by atoms with Crippen molar-refractivity contribution in [2.24, 2.45) is 11.7 Å². The Morgan fingerprint density at radius 1 is 1.52 bits per heavy atom. The molecule has 0 amide bonds. The molecular weight excluding hydrogens is 270 g/mol. The maximum Gasteiger partial charge on any atom is 0.326 e. The van der Waals surface area contributed by atoms with Crippen LogP contribution in [0, 0.1) is 5.92 Å². The molecule has 0 spiro atoms. The van der Waals surface area contributed by atoms with Crippen LogP contribution < -0.4 is 10.5 Å². The summed E-state index contributed by atoms with van der Waals surface area (Å²) in [5.74, 6) is 0.485. The van der Waals surface area contributed by atoms with Crippen molar-refractivity contribution in [2.45, 2.75) is 37.8 Å². The van der Waals surface area contributed by atoms with Gasteiger partial charge in [-0.3, -0.25) is 4.79 Å². The molecule has 5 nitrogen and oxygen atoms in total. The molecule has 1 aromatic rings. The Morgan fingerprint density at radius 2 is 2.33 bits per heavy atom. The largest absolute Gasteiger partial charge is 0.494 e. The fraction of sp³-hybridized carbons (Fsp3) is 0.562. The fourth-order valence-corrected chi connectivity index (χ4v) is 3.02. The average Bonchev–Trinajstić information content (AvgIpc) is 2.89. The van der Waals surface area contributed by atoms with E-state index in [4.69, 9.17) is 20.3 Å². The third kappa shape index (κ3) is 3.54. The monoisotopic (exact) mass is 293 g/mol. The molecule has 1 aliphatic carbocycles. The number of hydrogen-bond donors (Lipinski definition) is 2. The van der Waals surface area contributed by atoms with Crippen molar-refractivity contribution in [3.63, 3.8) is 0 Å². The maximum atomic E-state index is 11.8. The van der Waals surface area contributed by atoms with Crippen LogP contribution >= 0.6 is 0 Å². The zero-order valence-electron chi connectivity index (χ0n) is 12.4. The summed E-state index contributed by atoms with van der Waals surface area (Å²) < 4.78 is 10.5. The summed E-state index contributed by atoms with van der Waals surface area (Å²) >= 11 is 0. The number of methoxy groups -OCH3 is 1. The maximum absolute atomic E-state index is 11.8. The van der Waals surface area contributed by atoms with Gasteiger partial charge in [-0.15, -0.1) is 0 Å². The molecule has 2 unspecified atom stereocenters. The van der Waals surface area contributed by atoms with Gasteiger partial charge in [0.05, 0.1) is 20.3 Å². The number of rotatable bonds is 6. The van der Waals surface area contributed by atoms with Crippen molar-refractivity contribution in [1.82, 2.24) is 0 Å². The third-order valence-electron chi connectivity index (χ3n) is 4.25. The first-order valence-electron chi connectivity index (χ1n) is 7.30. The highest BCUT2D eigenvalue weighted by Crippen LogP contribution is 2.37. The first-order chi connectivity index (χ1) is 10.1. The van der Waals surface area contributed by atoms with Gasteiger partial charge in [-0.05, 0) is 42.9 Å². The number of esters is 1. The number of carbonyl (C=O) groups is 1. The minimum atomic E-state index is -0.870. The number of carbonyl (C=O) groups excluding carboxylic acids is 1. The molecule has 0 aliphatic heterocycles. The van der Waals surface area contributed by atoms with E-state index in [-0.39, 0.29) is 18.5 Å². The van der Waals surface area contributed by atoms with Crippen LogP contribution in [-0.4, -0.2) is 30.3 Å². The Hall–Kier alpha value is -1.59. The van der Waals surface area contributed by atoms with Crippen molar-refractivity contribution in [3.8, 4) is 5.75 Å². The predicted octanol–water partition coefficient (Wildman–Crippen LogP) is 1.62. The van der Waals surface area contributed by atoms with Crippen LogP contribution in [0.5, 0.6) is 5.75 Å². The van der Waals surface area contributed by atoms with E-state index in [2.05, 4.69) is 0 Å². The lowest BCUT2D eigenvalue weighted by Crippen LogP contribution is -2.52. The molecule has 5 heteroatoms.